The van der Waals surface area contributed by atoms with Crippen LogP contribution in [0.15, 0.2) is 42.6 Å². The first-order valence-electron chi connectivity index (χ1n) is 8.35. The third-order valence-electron chi connectivity index (χ3n) is 3.96. The molecule has 3 rings (SSSR count). The van der Waals surface area contributed by atoms with Crippen molar-refractivity contribution in [3.63, 3.8) is 0 Å². The highest BCUT2D eigenvalue weighted by Gasteiger charge is 2.30. The molecule has 1 atom stereocenters. The van der Waals surface area contributed by atoms with Crippen molar-refractivity contribution >= 4 is 23.4 Å². The van der Waals surface area contributed by atoms with Gasteiger partial charge in [-0.05, 0) is 30.3 Å². The highest BCUT2D eigenvalue weighted by Crippen LogP contribution is 2.31. The zero-order valence-corrected chi connectivity index (χ0v) is 14.6. The topological polar surface area (TPSA) is 119 Å². The molecule has 150 valence electrons. The monoisotopic (exact) mass is 397 g/mol. The average molecular weight is 397 g/mol. The summed E-state index contributed by atoms with van der Waals surface area (Å²) in [5.74, 6) is -2.14. The van der Waals surface area contributed by atoms with Gasteiger partial charge in [0.05, 0.1) is 18.1 Å². The van der Waals surface area contributed by atoms with Gasteiger partial charge in [-0.1, -0.05) is 6.07 Å². The van der Waals surface area contributed by atoms with Crippen molar-refractivity contribution in [3.05, 3.63) is 53.7 Å². The van der Waals surface area contributed by atoms with E-state index in [4.69, 9.17) is 5.11 Å². The smallest absolute Gasteiger partial charge is 0.416 e. The second-order valence-electron chi connectivity index (χ2n) is 6.00. The lowest BCUT2D eigenvalue weighted by Crippen LogP contribution is -2.89. The molecule has 0 amide bonds. The molecule has 1 aliphatic heterocycles. The summed E-state index contributed by atoms with van der Waals surface area (Å²) in [7, 11) is 0. The number of rotatable bonds is 4. The summed E-state index contributed by atoms with van der Waals surface area (Å²) >= 11 is 0. The van der Waals surface area contributed by atoms with Crippen LogP contribution in [0.1, 0.15) is 28.8 Å². The first kappa shape index (κ1) is 21.2. The van der Waals surface area contributed by atoms with Gasteiger partial charge in [0.25, 0.3) is 0 Å². The van der Waals surface area contributed by atoms with Crippen LogP contribution in [0.25, 0.3) is 0 Å². The van der Waals surface area contributed by atoms with E-state index < -0.39 is 23.7 Å². The van der Waals surface area contributed by atoms with Crippen molar-refractivity contribution in [3.8, 4) is 0 Å². The molecule has 0 bridgehead atoms. The lowest BCUT2D eigenvalue weighted by molar-refractivity contribution is -0.664. The van der Waals surface area contributed by atoms with E-state index >= 15 is 0 Å². The van der Waals surface area contributed by atoms with Crippen molar-refractivity contribution < 1.29 is 38.3 Å². The molecule has 28 heavy (non-hydrogen) atoms. The van der Waals surface area contributed by atoms with Crippen LogP contribution < -0.4 is 15.7 Å². The molecule has 4 N–H and O–H groups in total. The van der Waals surface area contributed by atoms with Crippen molar-refractivity contribution in [2.24, 2.45) is 0 Å². The molecule has 1 fully saturated rings. The van der Waals surface area contributed by atoms with E-state index in [0.717, 1.165) is 31.5 Å². The molecule has 0 aliphatic carbocycles. The number of halogens is 3. The van der Waals surface area contributed by atoms with E-state index in [0.29, 0.717) is 0 Å². The van der Waals surface area contributed by atoms with Crippen molar-refractivity contribution in [1.29, 1.82) is 0 Å². The normalized spacial score (nSPS) is 16.0. The second kappa shape index (κ2) is 9.18. The number of hydrogen-bond donors (Lipinski definition) is 3. The Morgan fingerprint density at radius 3 is 2.54 bits per heavy atom. The molecule has 1 aromatic heterocycles. The number of nitrogens with two attached hydrogens (primary N) is 1. The van der Waals surface area contributed by atoms with Crippen LogP contribution in [-0.2, 0) is 11.0 Å². The Morgan fingerprint density at radius 2 is 2.00 bits per heavy atom. The number of aromatic carboxylic acids is 1. The molecule has 0 unspecified atom stereocenters. The standard InChI is InChI=1S/C13H9F3N2O2.C5H9NO2/c14-13(15,16)8-3-1-4-9(7-8)18-11-10(12(19)20)5-2-6-17-11;7-5(8)4-2-1-3-6-4/h1-7H,(H,17,18)(H,19,20);4,6H,1-3H2,(H,7,8)/t;4-/m.0/s1. The summed E-state index contributed by atoms with van der Waals surface area (Å²) in [4.78, 5) is 24.9. The summed E-state index contributed by atoms with van der Waals surface area (Å²) in [6, 6.07) is 6.94. The summed E-state index contributed by atoms with van der Waals surface area (Å²) in [6.45, 7) is 0.943. The van der Waals surface area contributed by atoms with Crippen LogP contribution in [0, 0.1) is 0 Å². The molecule has 1 saturated heterocycles. The van der Waals surface area contributed by atoms with E-state index in [9.17, 15) is 27.9 Å². The van der Waals surface area contributed by atoms with Gasteiger partial charge in [-0.25, -0.2) is 9.78 Å². The fraction of sp³-hybridized carbons (Fsp3) is 0.278. The zero-order valence-electron chi connectivity index (χ0n) is 14.6. The third kappa shape index (κ3) is 5.95. The molecule has 2 aromatic rings. The highest BCUT2D eigenvalue weighted by molar-refractivity contribution is 5.93. The number of quaternary nitrogens is 1. The van der Waals surface area contributed by atoms with Crippen molar-refractivity contribution in [2.75, 3.05) is 11.9 Å². The van der Waals surface area contributed by atoms with E-state index in [-0.39, 0.29) is 23.1 Å². The largest absolute Gasteiger partial charge is 0.544 e. The minimum atomic E-state index is -4.46. The number of aromatic nitrogens is 1. The second-order valence-corrected chi connectivity index (χ2v) is 6.00. The molecule has 7 nitrogen and oxygen atoms in total. The Bertz CT molecular complexity index is 837. The van der Waals surface area contributed by atoms with Gasteiger partial charge >= 0.3 is 12.1 Å². The van der Waals surface area contributed by atoms with Crippen LogP contribution in [0.5, 0.6) is 0 Å². The zero-order chi connectivity index (χ0) is 20.7. The number of pyridine rings is 1. The molecular weight excluding hydrogens is 379 g/mol. The number of nitrogens with zero attached hydrogens (tertiary/aromatic N) is 1. The number of benzene rings is 1. The summed E-state index contributed by atoms with van der Waals surface area (Å²) in [6.07, 6.45) is -1.32. The predicted octanol–water partition coefficient (Wildman–Crippen LogP) is 1.00. The van der Waals surface area contributed by atoms with Crippen LogP contribution in [-0.4, -0.2) is 34.6 Å². The molecule has 1 aromatic carbocycles. The first-order valence-corrected chi connectivity index (χ1v) is 8.35. The maximum atomic E-state index is 12.6. The maximum Gasteiger partial charge on any atom is 0.416 e. The van der Waals surface area contributed by atoms with Gasteiger partial charge in [0, 0.05) is 24.7 Å². The minimum Gasteiger partial charge on any atom is -0.544 e. The van der Waals surface area contributed by atoms with Gasteiger partial charge in [-0.2, -0.15) is 13.2 Å². The number of carbonyl (C=O) groups excluding carboxylic acids is 1. The van der Waals surface area contributed by atoms with Crippen molar-refractivity contribution in [1.82, 2.24) is 4.98 Å². The number of carboxylic acids is 2. The molecule has 0 saturated carbocycles. The molecule has 2 heterocycles. The van der Waals surface area contributed by atoms with E-state index in [2.05, 4.69) is 10.3 Å². The van der Waals surface area contributed by atoms with Crippen LogP contribution >= 0.6 is 0 Å². The summed E-state index contributed by atoms with van der Waals surface area (Å²) in [5.41, 5.74) is -0.832. The lowest BCUT2D eigenvalue weighted by Gasteiger charge is -2.11. The molecule has 1 aliphatic rings. The maximum absolute atomic E-state index is 12.6. The Labute approximate surface area is 158 Å². The molecule has 0 spiro atoms. The van der Waals surface area contributed by atoms with Crippen LogP contribution in [0.3, 0.4) is 0 Å². The number of carboxylic acid groups (broad SMARTS) is 2. The van der Waals surface area contributed by atoms with Gasteiger partial charge in [0.2, 0.25) is 0 Å². The van der Waals surface area contributed by atoms with Gasteiger partial charge < -0.3 is 25.6 Å². The van der Waals surface area contributed by atoms with Gasteiger partial charge in [0.15, 0.2) is 0 Å². The minimum absolute atomic E-state index is 0.0145. The van der Waals surface area contributed by atoms with Gasteiger partial charge in [-0.15, -0.1) is 0 Å². The molecule has 0 radical (unpaired) electrons. The predicted molar refractivity (Wildman–Crippen MR) is 90.7 cm³/mol. The van der Waals surface area contributed by atoms with Crippen LogP contribution in [0.2, 0.25) is 0 Å². The number of anilines is 2. The Hall–Kier alpha value is -3.14. The average Bonchev–Trinajstić information content (AvgIpc) is 3.17. The summed E-state index contributed by atoms with van der Waals surface area (Å²) in [5, 5.41) is 23.4. The van der Waals surface area contributed by atoms with E-state index in [1.807, 2.05) is 5.32 Å². The Morgan fingerprint density at radius 1 is 1.25 bits per heavy atom. The van der Waals surface area contributed by atoms with Gasteiger partial charge in [0.1, 0.15) is 17.4 Å². The van der Waals surface area contributed by atoms with E-state index in [1.165, 1.54) is 30.5 Å². The van der Waals surface area contributed by atoms with Crippen molar-refractivity contribution in [2.45, 2.75) is 25.1 Å². The summed E-state index contributed by atoms with van der Waals surface area (Å²) < 4.78 is 37.7. The number of carbonyl (C=O) groups is 2. The SMILES string of the molecule is O=C(O)c1cccnc1Nc1cccc(C(F)(F)F)c1.O=C([O-])[C@@H]1CCC[NH2+]1. The number of hydrogen-bond acceptors (Lipinski definition) is 5. The van der Waals surface area contributed by atoms with Crippen LogP contribution in [0.4, 0.5) is 24.7 Å². The van der Waals surface area contributed by atoms with Gasteiger partial charge in [-0.3, -0.25) is 0 Å². The third-order valence-corrected chi connectivity index (χ3v) is 3.96. The number of aliphatic carboxylic acids is 1. The number of nitrogens with one attached hydrogen (secondary N) is 1. The van der Waals surface area contributed by atoms with E-state index in [1.54, 1.807) is 0 Å². The first-order chi connectivity index (χ1) is 13.2. The highest BCUT2D eigenvalue weighted by atomic mass is 19.4. The Balaban J connectivity index is 0.000000292. The quantitative estimate of drug-likeness (QED) is 0.708. The lowest BCUT2D eigenvalue weighted by atomic mass is 10.2. The number of alkyl halides is 3. The Kier molecular flexibility index (Phi) is 6.94. The fourth-order valence-electron chi connectivity index (χ4n) is 2.58. The molecular formula is C18H18F3N3O4. The molecule has 10 heteroatoms. The fourth-order valence-corrected chi connectivity index (χ4v) is 2.58.